The number of methoxy groups -OCH3 is 1. The molecule has 5 heteroatoms. The number of pyridine rings is 2. The first-order chi connectivity index (χ1) is 12.1. The lowest BCUT2D eigenvalue weighted by molar-refractivity contribution is 0.147. The highest BCUT2D eigenvalue weighted by molar-refractivity contribution is 6.07. The van der Waals surface area contributed by atoms with Crippen molar-refractivity contribution in [2.45, 2.75) is 27.2 Å². The molecule has 0 fully saturated rings. The van der Waals surface area contributed by atoms with E-state index in [1.165, 1.54) is 0 Å². The van der Waals surface area contributed by atoms with Crippen LogP contribution in [0.25, 0.3) is 21.8 Å². The number of aromatic nitrogens is 2. The van der Waals surface area contributed by atoms with Crippen molar-refractivity contribution >= 4 is 21.8 Å². The number of nitrogens with zero attached hydrogens (tertiary/aromatic N) is 2. The molecule has 25 heavy (non-hydrogen) atoms. The van der Waals surface area contributed by atoms with Crippen LogP contribution in [-0.2, 0) is 4.74 Å². The van der Waals surface area contributed by atoms with Crippen LogP contribution in [-0.4, -0.2) is 36.9 Å². The molecule has 1 aromatic carbocycles. The largest absolute Gasteiger partial charge is 0.493 e. The zero-order valence-electron chi connectivity index (χ0n) is 15.3. The molecule has 0 radical (unpaired) electrons. The number of aryl methyl sites for hydroxylation is 2. The second kappa shape index (κ2) is 7.66. The zero-order chi connectivity index (χ0) is 17.8. The Labute approximate surface area is 147 Å². The van der Waals surface area contributed by atoms with Crippen molar-refractivity contribution in [1.82, 2.24) is 9.97 Å². The lowest BCUT2D eigenvalue weighted by Gasteiger charge is -2.14. The Balaban J connectivity index is 2.18. The lowest BCUT2D eigenvalue weighted by atomic mass is 10.1. The van der Waals surface area contributed by atoms with E-state index in [9.17, 15) is 0 Å². The van der Waals surface area contributed by atoms with Crippen molar-refractivity contribution < 1.29 is 14.2 Å². The Morgan fingerprint density at radius 3 is 1.80 bits per heavy atom. The molecular weight excluding hydrogens is 316 g/mol. The van der Waals surface area contributed by atoms with E-state index >= 15 is 0 Å². The zero-order valence-corrected chi connectivity index (χ0v) is 15.3. The molecule has 0 aliphatic heterocycles. The van der Waals surface area contributed by atoms with E-state index in [0.717, 1.165) is 51.1 Å². The highest BCUT2D eigenvalue weighted by Crippen LogP contribution is 2.34. The molecule has 2 aromatic heterocycles. The SMILES string of the molecule is CCCOc1cc(C)nc2c1ccc1c(OCCOC)cc(C)nc12. The van der Waals surface area contributed by atoms with E-state index in [1.807, 2.05) is 38.1 Å². The molecule has 0 aliphatic rings. The summed E-state index contributed by atoms with van der Waals surface area (Å²) < 4.78 is 16.9. The summed E-state index contributed by atoms with van der Waals surface area (Å²) >= 11 is 0. The summed E-state index contributed by atoms with van der Waals surface area (Å²) in [6, 6.07) is 8.00. The van der Waals surface area contributed by atoms with Crippen LogP contribution < -0.4 is 9.47 Å². The number of fused-ring (bicyclic) bond motifs is 3. The van der Waals surface area contributed by atoms with Gasteiger partial charge in [0.15, 0.2) is 0 Å². The second-order valence-electron chi connectivity index (χ2n) is 6.07. The molecule has 2 heterocycles. The first-order valence-corrected chi connectivity index (χ1v) is 8.60. The van der Waals surface area contributed by atoms with Crippen LogP contribution >= 0.6 is 0 Å². The molecule has 3 aromatic rings. The van der Waals surface area contributed by atoms with Crippen LogP contribution in [0.4, 0.5) is 0 Å². The summed E-state index contributed by atoms with van der Waals surface area (Å²) in [7, 11) is 1.66. The number of benzene rings is 1. The van der Waals surface area contributed by atoms with Crippen LogP contribution in [0.1, 0.15) is 24.7 Å². The molecule has 3 rings (SSSR count). The second-order valence-corrected chi connectivity index (χ2v) is 6.07. The van der Waals surface area contributed by atoms with Gasteiger partial charge in [0, 0.05) is 41.4 Å². The number of rotatable bonds is 7. The average Bonchev–Trinajstić information content (AvgIpc) is 2.59. The first kappa shape index (κ1) is 17.4. The Hall–Kier alpha value is -2.40. The van der Waals surface area contributed by atoms with Gasteiger partial charge in [0.1, 0.15) is 29.1 Å². The fraction of sp³-hybridized carbons (Fsp3) is 0.400. The maximum atomic E-state index is 5.92. The van der Waals surface area contributed by atoms with Gasteiger partial charge in [0.25, 0.3) is 0 Å². The molecule has 0 bridgehead atoms. The normalized spacial score (nSPS) is 11.2. The summed E-state index contributed by atoms with van der Waals surface area (Å²) in [6.45, 7) is 7.76. The Morgan fingerprint density at radius 2 is 1.32 bits per heavy atom. The van der Waals surface area contributed by atoms with E-state index in [2.05, 4.69) is 6.92 Å². The highest BCUT2D eigenvalue weighted by atomic mass is 16.5. The third-order valence-corrected chi connectivity index (χ3v) is 3.95. The molecule has 0 amide bonds. The van der Waals surface area contributed by atoms with Crippen LogP contribution in [0, 0.1) is 13.8 Å². The fourth-order valence-corrected chi connectivity index (χ4v) is 2.84. The highest BCUT2D eigenvalue weighted by Gasteiger charge is 2.13. The predicted octanol–water partition coefficient (Wildman–Crippen LogP) is 4.21. The standard InChI is InChI=1S/C20H24N2O3/c1-5-8-24-17-11-13(2)21-19-15(17)6-7-16-18(25-10-9-23-4)12-14(3)22-20(16)19/h6-7,11-12H,5,8-10H2,1-4H3. The van der Waals surface area contributed by atoms with Gasteiger partial charge in [-0.25, -0.2) is 0 Å². The number of hydrogen-bond acceptors (Lipinski definition) is 5. The van der Waals surface area contributed by atoms with Crippen molar-refractivity contribution in [1.29, 1.82) is 0 Å². The van der Waals surface area contributed by atoms with Gasteiger partial charge in [-0.1, -0.05) is 6.92 Å². The van der Waals surface area contributed by atoms with Crippen molar-refractivity contribution in [2.24, 2.45) is 0 Å². The Morgan fingerprint density at radius 1 is 0.800 bits per heavy atom. The molecular formula is C20H24N2O3. The molecule has 0 atom stereocenters. The minimum atomic E-state index is 0.499. The van der Waals surface area contributed by atoms with Crippen LogP contribution in [0.15, 0.2) is 24.3 Å². The summed E-state index contributed by atoms with van der Waals surface area (Å²) in [6.07, 6.45) is 0.964. The summed E-state index contributed by atoms with van der Waals surface area (Å²) in [5.41, 5.74) is 3.50. The van der Waals surface area contributed by atoms with E-state index in [0.29, 0.717) is 19.8 Å². The smallest absolute Gasteiger partial charge is 0.130 e. The van der Waals surface area contributed by atoms with Gasteiger partial charge in [0.2, 0.25) is 0 Å². The maximum absolute atomic E-state index is 5.92. The quantitative estimate of drug-likeness (QED) is 0.476. The number of ether oxygens (including phenoxy) is 3. The third-order valence-electron chi connectivity index (χ3n) is 3.95. The molecule has 0 N–H and O–H groups in total. The van der Waals surface area contributed by atoms with Gasteiger partial charge in [0.05, 0.1) is 13.2 Å². The molecule has 0 aliphatic carbocycles. The Bertz CT molecular complexity index is 893. The van der Waals surface area contributed by atoms with E-state index in [-0.39, 0.29) is 0 Å². The van der Waals surface area contributed by atoms with Crippen LogP contribution in [0.3, 0.4) is 0 Å². The molecule has 0 saturated heterocycles. The molecule has 0 unspecified atom stereocenters. The summed E-state index contributed by atoms with van der Waals surface area (Å²) in [5.74, 6) is 1.66. The third kappa shape index (κ3) is 3.66. The van der Waals surface area contributed by atoms with Gasteiger partial charge in [-0.05, 0) is 32.4 Å². The molecule has 5 nitrogen and oxygen atoms in total. The minimum Gasteiger partial charge on any atom is -0.493 e. The van der Waals surface area contributed by atoms with Gasteiger partial charge in [-0.3, -0.25) is 9.97 Å². The van der Waals surface area contributed by atoms with E-state index in [1.54, 1.807) is 7.11 Å². The monoisotopic (exact) mass is 340 g/mol. The van der Waals surface area contributed by atoms with E-state index in [4.69, 9.17) is 24.2 Å². The number of hydrogen-bond donors (Lipinski definition) is 0. The first-order valence-electron chi connectivity index (χ1n) is 8.60. The maximum Gasteiger partial charge on any atom is 0.130 e. The van der Waals surface area contributed by atoms with Gasteiger partial charge in [-0.2, -0.15) is 0 Å². The molecule has 0 saturated carbocycles. The summed E-state index contributed by atoms with van der Waals surface area (Å²) in [4.78, 5) is 9.45. The van der Waals surface area contributed by atoms with Gasteiger partial charge >= 0.3 is 0 Å². The van der Waals surface area contributed by atoms with Crippen molar-refractivity contribution in [3.8, 4) is 11.5 Å². The van der Waals surface area contributed by atoms with Crippen LogP contribution in [0.2, 0.25) is 0 Å². The van der Waals surface area contributed by atoms with Crippen molar-refractivity contribution in [2.75, 3.05) is 26.9 Å². The predicted molar refractivity (Wildman–Crippen MR) is 99.7 cm³/mol. The summed E-state index contributed by atoms with van der Waals surface area (Å²) in [5, 5.41) is 1.93. The molecule has 0 spiro atoms. The topological polar surface area (TPSA) is 53.5 Å². The van der Waals surface area contributed by atoms with Crippen LogP contribution in [0.5, 0.6) is 11.5 Å². The fourth-order valence-electron chi connectivity index (χ4n) is 2.84. The van der Waals surface area contributed by atoms with Gasteiger partial charge < -0.3 is 14.2 Å². The Kier molecular flexibility index (Phi) is 5.34. The van der Waals surface area contributed by atoms with Crippen molar-refractivity contribution in [3.63, 3.8) is 0 Å². The average molecular weight is 340 g/mol. The van der Waals surface area contributed by atoms with Gasteiger partial charge in [-0.15, -0.1) is 0 Å². The molecule has 132 valence electrons. The van der Waals surface area contributed by atoms with E-state index < -0.39 is 0 Å². The lowest BCUT2D eigenvalue weighted by Crippen LogP contribution is -2.05. The van der Waals surface area contributed by atoms with Crippen molar-refractivity contribution in [3.05, 3.63) is 35.7 Å². The minimum absolute atomic E-state index is 0.499.